The number of benzene rings is 2. The van der Waals surface area contributed by atoms with E-state index in [1.165, 1.54) is 21.5 Å². The van der Waals surface area contributed by atoms with E-state index in [4.69, 9.17) is 14.5 Å². The number of unbranched alkanes of at least 4 members (excludes halogenated alkanes) is 1. The molecule has 1 saturated heterocycles. The van der Waals surface area contributed by atoms with Gasteiger partial charge in [0.1, 0.15) is 26.5 Å². The van der Waals surface area contributed by atoms with Crippen molar-refractivity contribution in [3.8, 4) is 22.8 Å². The Labute approximate surface area is 240 Å². The van der Waals surface area contributed by atoms with Crippen molar-refractivity contribution in [1.29, 1.82) is 0 Å². The van der Waals surface area contributed by atoms with E-state index < -0.39 is 5.69 Å². The van der Waals surface area contributed by atoms with Crippen molar-refractivity contribution < 1.29 is 9.47 Å². The molecule has 10 heteroatoms. The first-order valence-corrected chi connectivity index (χ1v) is 14.9. The minimum Gasteiger partial charge on any atom is -0.496 e. The van der Waals surface area contributed by atoms with Gasteiger partial charge in [-0.25, -0.2) is 14.8 Å². The molecule has 0 radical (unpaired) electrons. The van der Waals surface area contributed by atoms with Crippen molar-refractivity contribution >= 4 is 31.9 Å². The van der Waals surface area contributed by atoms with Crippen LogP contribution in [0.15, 0.2) is 64.3 Å². The van der Waals surface area contributed by atoms with Crippen LogP contribution in [0.4, 0.5) is 0 Å². The molecule has 0 amide bonds. The number of fused-ring (bicyclic) bond motifs is 6. The molecule has 9 nitrogen and oxygen atoms in total. The number of nitrogens with zero attached hydrogens (tertiary/aromatic N) is 4. The fourth-order valence-corrected chi connectivity index (χ4v) is 7.32. The summed E-state index contributed by atoms with van der Waals surface area (Å²) in [7, 11) is 1.72. The molecule has 1 N–H and O–H groups in total. The molecule has 2 aromatic carbocycles. The maximum absolute atomic E-state index is 13.3. The molecule has 2 atom stereocenters. The van der Waals surface area contributed by atoms with Crippen LogP contribution >= 0.6 is 11.3 Å². The Morgan fingerprint density at radius 2 is 1.95 bits per heavy atom. The maximum atomic E-state index is 13.3. The average Bonchev–Trinajstić information content (AvgIpc) is 3.38. The SMILES string of the molecule is COc1cccc2c1[C@@H]1CCN(CCCCn3c(=O)[nH]c4c(sc5ncc(-c6ccccc6)nc54)c3=O)C[C@H]1CO2. The van der Waals surface area contributed by atoms with E-state index in [2.05, 4.69) is 14.9 Å². The smallest absolute Gasteiger partial charge is 0.328 e. The standard InChI is InChI=1S/C31H31N5O4S/c1-39-23-10-7-11-24-25(23)21-12-15-35(17-20(21)18-40-24)13-5-6-14-36-30(37)28-26(34-31(36)38)27-29(41-28)32-16-22(33-27)19-8-3-2-4-9-19/h2-4,7-11,16,20-21H,5-6,12-15,17-18H2,1H3,(H,34,38)/t20-,21+/m0/s1. The predicted octanol–water partition coefficient (Wildman–Crippen LogP) is 4.65. The fourth-order valence-electron chi connectivity index (χ4n) is 6.33. The number of aromatic amines is 1. The van der Waals surface area contributed by atoms with Crippen LogP contribution in [0, 0.1) is 5.92 Å². The van der Waals surface area contributed by atoms with Gasteiger partial charge in [0.15, 0.2) is 0 Å². The quantitative estimate of drug-likeness (QED) is 0.285. The summed E-state index contributed by atoms with van der Waals surface area (Å²) in [4.78, 5) is 41.6. The van der Waals surface area contributed by atoms with E-state index >= 15 is 0 Å². The summed E-state index contributed by atoms with van der Waals surface area (Å²) in [6.45, 7) is 4.01. The molecule has 0 bridgehead atoms. The number of hydrogen-bond donors (Lipinski definition) is 1. The number of methoxy groups -OCH3 is 1. The first kappa shape index (κ1) is 25.9. The maximum Gasteiger partial charge on any atom is 0.328 e. The van der Waals surface area contributed by atoms with Crippen molar-refractivity contribution in [3.05, 3.63) is 81.1 Å². The van der Waals surface area contributed by atoms with Gasteiger partial charge in [0.05, 0.1) is 31.1 Å². The Morgan fingerprint density at radius 3 is 2.80 bits per heavy atom. The molecule has 0 aliphatic carbocycles. The van der Waals surface area contributed by atoms with E-state index in [-0.39, 0.29) is 5.56 Å². The minimum absolute atomic E-state index is 0.275. The molecule has 2 aliphatic heterocycles. The summed E-state index contributed by atoms with van der Waals surface area (Å²) in [6, 6.07) is 15.8. The van der Waals surface area contributed by atoms with Gasteiger partial charge >= 0.3 is 5.69 Å². The second kappa shape index (κ2) is 10.8. The Kier molecular flexibility index (Phi) is 6.80. The summed E-state index contributed by atoms with van der Waals surface area (Å²) in [5.74, 6) is 2.75. The number of H-pyrrole nitrogens is 1. The number of likely N-dealkylation sites (tertiary alicyclic amines) is 1. The fraction of sp³-hybridized carbons (Fsp3) is 0.355. The number of thiophene rings is 1. The van der Waals surface area contributed by atoms with Crippen LogP contribution in [0.2, 0.25) is 0 Å². The molecule has 5 aromatic rings. The Morgan fingerprint density at radius 1 is 1.10 bits per heavy atom. The molecule has 0 saturated carbocycles. The zero-order valence-electron chi connectivity index (χ0n) is 22.8. The first-order valence-electron chi connectivity index (χ1n) is 14.1. The van der Waals surface area contributed by atoms with Gasteiger partial charge in [0, 0.05) is 30.1 Å². The van der Waals surface area contributed by atoms with Crippen LogP contribution in [0.3, 0.4) is 0 Å². The Hall–Kier alpha value is -4.02. The molecule has 5 heterocycles. The molecular formula is C31H31N5O4S. The highest BCUT2D eigenvalue weighted by molar-refractivity contribution is 7.25. The lowest BCUT2D eigenvalue weighted by Gasteiger charge is -2.42. The monoisotopic (exact) mass is 569 g/mol. The Balaban J connectivity index is 1.02. The predicted molar refractivity (Wildman–Crippen MR) is 160 cm³/mol. The molecular weight excluding hydrogens is 538 g/mol. The van der Waals surface area contributed by atoms with Crippen molar-refractivity contribution in [2.75, 3.05) is 33.4 Å². The highest BCUT2D eigenvalue weighted by Gasteiger charge is 2.37. The number of ether oxygens (including phenoxy) is 2. The lowest BCUT2D eigenvalue weighted by atomic mass is 9.78. The van der Waals surface area contributed by atoms with Gasteiger partial charge in [-0.2, -0.15) is 0 Å². The summed E-state index contributed by atoms with van der Waals surface area (Å²) in [5, 5.41) is 0. The number of hydrogen-bond acceptors (Lipinski definition) is 8. The lowest BCUT2D eigenvalue weighted by molar-refractivity contribution is 0.0902. The molecule has 210 valence electrons. The third-order valence-electron chi connectivity index (χ3n) is 8.38. The van der Waals surface area contributed by atoms with Gasteiger partial charge in [-0.1, -0.05) is 36.4 Å². The molecule has 41 heavy (non-hydrogen) atoms. The molecule has 7 rings (SSSR count). The lowest BCUT2D eigenvalue weighted by Crippen LogP contribution is -2.44. The van der Waals surface area contributed by atoms with E-state index in [0.29, 0.717) is 44.6 Å². The molecule has 0 spiro atoms. The van der Waals surface area contributed by atoms with Gasteiger partial charge < -0.3 is 19.4 Å². The summed E-state index contributed by atoms with van der Waals surface area (Å²) >= 11 is 1.28. The van der Waals surface area contributed by atoms with Crippen molar-refractivity contribution in [1.82, 2.24) is 24.4 Å². The third-order valence-corrected chi connectivity index (χ3v) is 9.46. The van der Waals surface area contributed by atoms with Crippen molar-refractivity contribution in [2.45, 2.75) is 31.7 Å². The van der Waals surface area contributed by atoms with E-state index in [9.17, 15) is 9.59 Å². The highest BCUT2D eigenvalue weighted by atomic mass is 32.1. The van der Waals surface area contributed by atoms with Gasteiger partial charge in [0.2, 0.25) is 0 Å². The summed E-state index contributed by atoms with van der Waals surface area (Å²) in [6.07, 6.45) is 4.42. The van der Waals surface area contributed by atoms with Crippen LogP contribution in [-0.4, -0.2) is 57.8 Å². The van der Waals surface area contributed by atoms with Crippen LogP contribution in [-0.2, 0) is 6.54 Å². The topological polar surface area (TPSA) is 102 Å². The highest BCUT2D eigenvalue weighted by Crippen LogP contribution is 2.46. The molecule has 0 unspecified atom stereocenters. The van der Waals surface area contributed by atoms with Crippen molar-refractivity contribution in [2.24, 2.45) is 5.92 Å². The number of rotatable bonds is 7. The van der Waals surface area contributed by atoms with Crippen molar-refractivity contribution in [3.63, 3.8) is 0 Å². The van der Waals surface area contributed by atoms with E-state index in [1.807, 2.05) is 48.5 Å². The molecule has 2 aliphatic rings. The van der Waals surface area contributed by atoms with Crippen LogP contribution in [0.5, 0.6) is 11.5 Å². The molecule has 3 aromatic heterocycles. The number of nitrogens with one attached hydrogen (secondary N) is 1. The van der Waals surface area contributed by atoms with Gasteiger partial charge in [-0.05, 0) is 50.4 Å². The second-order valence-corrected chi connectivity index (χ2v) is 11.8. The second-order valence-electron chi connectivity index (χ2n) is 10.8. The minimum atomic E-state index is -0.401. The van der Waals surface area contributed by atoms with Crippen LogP contribution < -0.4 is 20.7 Å². The largest absolute Gasteiger partial charge is 0.496 e. The van der Waals surface area contributed by atoms with Crippen LogP contribution in [0.25, 0.3) is 31.8 Å². The van der Waals surface area contributed by atoms with Crippen LogP contribution in [0.1, 0.15) is 30.7 Å². The van der Waals surface area contributed by atoms with Gasteiger partial charge in [-0.3, -0.25) is 9.36 Å². The van der Waals surface area contributed by atoms with E-state index in [0.717, 1.165) is 62.6 Å². The zero-order valence-corrected chi connectivity index (χ0v) is 23.7. The average molecular weight is 570 g/mol. The normalized spacial score (nSPS) is 18.7. The van der Waals surface area contributed by atoms with Gasteiger partial charge in [0.25, 0.3) is 5.56 Å². The number of aromatic nitrogens is 4. The van der Waals surface area contributed by atoms with E-state index in [1.54, 1.807) is 13.3 Å². The first-order chi connectivity index (χ1) is 20.1. The number of piperidine rings is 1. The third kappa shape index (κ3) is 4.70. The summed E-state index contributed by atoms with van der Waals surface area (Å²) in [5.41, 5.74) is 3.20. The zero-order chi connectivity index (χ0) is 27.9. The Bertz CT molecular complexity index is 1830. The van der Waals surface area contributed by atoms with Gasteiger partial charge in [-0.15, -0.1) is 11.3 Å². The summed E-state index contributed by atoms with van der Waals surface area (Å²) < 4.78 is 13.5. The molecule has 1 fully saturated rings.